The van der Waals surface area contributed by atoms with E-state index < -0.39 is 0 Å². The molecule has 0 saturated heterocycles. The summed E-state index contributed by atoms with van der Waals surface area (Å²) in [5, 5.41) is 0.459. The van der Waals surface area contributed by atoms with Crippen LogP contribution in [0.15, 0.2) is 16.7 Å². The Morgan fingerprint density at radius 3 is 3.00 bits per heavy atom. The molecule has 0 bridgehead atoms. The molecule has 0 atom stereocenters. The zero-order valence-electron chi connectivity index (χ0n) is 9.36. The minimum Gasteiger partial charge on any atom is -0.461 e. The quantitative estimate of drug-likeness (QED) is 0.731. The van der Waals surface area contributed by atoms with E-state index in [1.54, 1.807) is 6.26 Å². The number of aryl methyl sites for hydroxylation is 1. The average Bonchev–Trinajstić information content (AvgIpc) is 2.75. The van der Waals surface area contributed by atoms with Gasteiger partial charge in [-0.05, 0) is 18.6 Å². The first-order valence-electron chi connectivity index (χ1n) is 5.43. The minimum absolute atomic E-state index is 0.459. The summed E-state index contributed by atoms with van der Waals surface area (Å²) >= 11 is 6.14. The molecule has 0 unspecified atom stereocenters. The Morgan fingerprint density at radius 1 is 1.35 bits per heavy atom. The van der Waals surface area contributed by atoms with Gasteiger partial charge < -0.3 is 9.15 Å². The van der Waals surface area contributed by atoms with Crippen molar-refractivity contribution in [2.75, 3.05) is 6.61 Å². The Balaban J connectivity index is 2.14. The number of hydrogen-bond acceptors (Lipinski definition) is 4. The van der Waals surface area contributed by atoms with Crippen molar-refractivity contribution in [3.05, 3.63) is 34.3 Å². The van der Waals surface area contributed by atoms with E-state index in [4.69, 9.17) is 20.8 Å². The summed E-state index contributed by atoms with van der Waals surface area (Å²) < 4.78 is 10.7. The molecular formula is C12H11ClN2O2. The first kappa shape index (κ1) is 10.7. The lowest BCUT2D eigenvalue weighted by Gasteiger charge is -2.16. The highest BCUT2D eigenvalue weighted by atomic mass is 35.5. The minimum atomic E-state index is 0.459. The van der Waals surface area contributed by atoms with Gasteiger partial charge in [0.05, 0.1) is 25.2 Å². The fourth-order valence-electron chi connectivity index (χ4n) is 1.90. The van der Waals surface area contributed by atoms with Crippen LogP contribution in [0.25, 0.3) is 11.6 Å². The van der Waals surface area contributed by atoms with Gasteiger partial charge in [0.1, 0.15) is 5.15 Å². The van der Waals surface area contributed by atoms with E-state index in [1.165, 1.54) is 0 Å². The fraction of sp³-hybridized carbons (Fsp3) is 0.333. The van der Waals surface area contributed by atoms with Crippen molar-refractivity contribution in [2.24, 2.45) is 0 Å². The summed E-state index contributed by atoms with van der Waals surface area (Å²) in [6.45, 7) is 3.13. The molecule has 1 aliphatic heterocycles. The lowest BCUT2D eigenvalue weighted by molar-refractivity contribution is 0.109. The maximum absolute atomic E-state index is 6.14. The second-order valence-electron chi connectivity index (χ2n) is 4.00. The van der Waals surface area contributed by atoms with Crippen molar-refractivity contribution in [3.8, 4) is 11.6 Å². The number of rotatable bonds is 1. The van der Waals surface area contributed by atoms with Crippen molar-refractivity contribution in [1.82, 2.24) is 9.97 Å². The van der Waals surface area contributed by atoms with Crippen LogP contribution in [-0.2, 0) is 17.8 Å². The molecule has 0 saturated carbocycles. The Labute approximate surface area is 104 Å². The molecule has 5 heteroatoms. The highest BCUT2D eigenvalue weighted by Crippen LogP contribution is 2.27. The summed E-state index contributed by atoms with van der Waals surface area (Å²) in [4.78, 5) is 8.78. The van der Waals surface area contributed by atoms with E-state index in [0.717, 1.165) is 23.2 Å². The van der Waals surface area contributed by atoms with Crippen molar-refractivity contribution in [1.29, 1.82) is 0 Å². The molecule has 3 heterocycles. The van der Waals surface area contributed by atoms with E-state index in [9.17, 15) is 0 Å². The Morgan fingerprint density at radius 2 is 2.24 bits per heavy atom. The van der Waals surface area contributed by atoms with Crippen LogP contribution in [-0.4, -0.2) is 16.6 Å². The van der Waals surface area contributed by atoms with E-state index in [0.29, 0.717) is 30.0 Å². The van der Waals surface area contributed by atoms with Crippen LogP contribution in [0.1, 0.15) is 16.8 Å². The molecule has 3 rings (SSSR count). The van der Waals surface area contributed by atoms with Gasteiger partial charge in [0.15, 0.2) is 11.6 Å². The monoisotopic (exact) mass is 250 g/mol. The van der Waals surface area contributed by atoms with Gasteiger partial charge in [-0.2, -0.15) is 0 Å². The summed E-state index contributed by atoms with van der Waals surface area (Å²) in [6.07, 6.45) is 2.40. The van der Waals surface area contributed by atoms with Crippen molar-refractivity contribution in [3.63, 3.8) is 0 Å². The number of fused-ring (bicyclic) bond motifs is 1. The van der Waals surface area contributed by atoms with Gasteiger partial charge >= 0.3 is 0 Å². The summed E-state index contributed by atoms with van der Waals surface area (Å²) in [6, 6.07) is 1.88. The molecule has 0 spiro atoms. The normalized spacial score (nSPS) is 14.7. The molecule has 0 radical (unpaired) electrons. The molecule has 4 nitrogen and oxygen atoms in total. The standard InChI is InChI=1S/C12H11ClN2O2/c1-7-2-5-17-10(7)12-14-9-3-4-16-6-8(9)11(13)15-12/h2,5H,3-4,6H2,1H3. The largest absolute Gasteiger partial charge is 0.461 e. The summed E-state index contributed by atoms with van der Waals surface area (Å²) in [5.74, 6) is 1.24. The summed E-state index contributed by atoms with van der Waals surface area (Å²) in [7, 11) is 0. The van der Waals surface area contributed by atoms with Crippen LogP contribution in [0.4, 0.5) is 0 Å². The lowest BCUT2D eigenvalue weighted by atomic mass is 10.1. The maximum atomic E-state index is 6.14. The van der Waals surface area contributed by atoms with Crippen LogP contribution in [0.5, 0.6) is 0 Å². The third-order valence-corrected chi connectivity index (χ3v) is 3.15. The third kappa shape index (κ3) is 1.83. The number of hydrogen-bond donors (Lipinski definition) is 0. The van der Waals surface area contributed by atoms with E-state index in [-0.39, 0.29) is 0 Å². The van der Waals surface area contributed by atoms with Gasteiger partial charge in [0.25, 0.3) is 0 Å². The lowest BCUT2D eigenvalue weighted by Crippen LogP contribution is -2.14. The first-order chi connectivity index (χ1) is 8.25. The zero-order valence-corrected chi connectivity index (χ0v) is 10.1. The van der Waals surface area contributed by atoms with E-state index in [1.807, 2.05) is 13.0 Å². The van der Waals surface area contributed by atoms with Gasteiger partial charge in [-0.3, -0.25) is 0 Å². The van der Waals surface area contributed by atoms with Crippen LogP contribution in [0, 0.1) is 6.92 Å². The maximum Gasteiger partial charge on any atom is 0.197 e. The van der Waals surface area contributed by atoms with Gasteiger partial charge in [0, 0.05) is 12.0 Å². The molecule has 0 N–H and O–H groups in total. The van der Waals surface area contributed by atoms with Gasteiger partial charge in [-0.15, -0.1) is 0 Å². The molecule has 0 aromatic carbocycles. The molecule has 1 aliphatic rings. The zero-order chi connectivity index (χ0) is 11.8. The molecule has 2 aromatic heterocycles. The predicted molar refractivity (Wildman–Crippen MR) is 62.8 cm³/mol. The number of ether oxygens (including phenoxy) is 1. The Bertz CT molecular complexity index is 566. The van der Waals surface area contributed by atoms with Gasteiger partial charge in [-0.25, -0.2) is 9.97 Å². The molecule has 17 heavy (non-hydrogen) atoms. The molecule has 2 aromatic rings. The second-order valence-corrected chi connectivity index (χ2v) is 4.36. The Hall–Kier alpha value is -1.39. The fourth-order valence-corrected chi connectivity index (χ4v) is 2.14. The number of halogens is 1. The van der Waals surface area contributed by atoms with E-state index >= 15 is 0 Å². The number of aromatic nitrogens is 2. The van der Waals surface area contributed by atoms with E-state index in [2.05, 4.69) is 9.97 Å². The smallest absolute Gasteiger partial charge is 0.197 e. The molecule has 0 aliphatic carbocycles. The Kier molecular flexibility index (Phi) is 2.61. The van der Waals surface area contributed by atoms with Crippen LogP contribution < -0.4 is 0 Å². The molecule has 0 fully saturated rings. The predicted octanol–water partition coefficient (Wildman–Crippen LogP) is 2.77. The van der Waals surface area contributed by atoms with Crippen LogP contribution in [0.3, 0.4) is 0 Å². The molecular weight excluding hydrogens is 240 g/mol. The third-order valence-electron chi connectivity index (χ3n) is 2.84. The number of nitrogens with zero attached hydrogens (tertiary/aromatic N) is 2. The average molecular weight is 251 g/mol. The highest BCUT2D eigenvalue weighted by molar-refractivity contribution is 6.30. The second kappa shape index (κ2) is 4.13. The van der Waals surface area contributed by atoms with Gasteiger partial charge in [-0.1, -0.05) is 11.6 Å². The van der Waals surface area contributed by atoms with Crippen LogP contribution in [0.2, 0.25) is 5.15 Å². The van der Waals surface area contributed by atoms with Crippen molar-refractivity contribution in [2.45, 2.75) is 20.0 Å². The van der Waals surface area contributed by atoms with Gasteiger partial charge in [0.2, 0.25) is 0 Å². The number of furan rings is 1. The summed E-state index contributed by atoms with van der Waals surface area (Å²) in [5.41, 5.74) is 2.86. The van der Waals surface area contributed by atoms with Crippen molar-refractivity contribution < 1.29 is 9.15 Å². The molecule has 88 valence electrons. The topological polar surface area (TPSA) is 48.2 Å². The SMILES string of the molecule is Cc1ccoc1-c1nc(Cl)c2c(n1)CCOC2. The molecule has 0 amide bonds. The van der Waals surface area contributed by atoms with Crippen LogP contribution >= 0.6 is 11.6 Å². The van der Waals surface area contributed by atoms with Crippen molar-refractivity contribution >= 4 is 11.6 Å². The highest BCUT2D eigenvalue weighted by Gasteiger charge is 2.19. The first-order valence-corrected chi connectivity index (χ1v) is 5.81.